The van der Waals surface area contributed by atoms with Gasteiger partial charge in [-0.3, -0.25) is 4.79 Å². The van der Waals surface area contributed by atoms with E-state index < -0.39 is 0 Å². The highest BCUT2D eigenvalue weighted by Crippen LogP contribution is 2.25. The molecule has 3 aromatic rings. The third kappa shape index (κ3) is 3.88. The van der Waals surface area contributed by atoms with Crippen LogP contribution in [0, 0.1) is 0 Å². The number of thiophene rings is 2. The maximum Gasteiger partial charge on any atom is 0.220 e. The van der Waals surface area contributed by atoms with E-state index in [2.05, 4.69) is 35.0 Å². The minimum atomic E-state index is 0.101. The van der Waals surface area contributed by atoms with Gasteiger partial charge in [-0.2, -0.15) is 0 Å². The summed E-state index contributed by atoms with van der Waals surface area (Å²) in [6.07, 6.45) is 2.15. The molecule has 114 valence electrons. The molecule has 0 aliphatic rings. The summed E-state index contributed by atoms with van der Waals surface area (Å²) in [5.74, 6) is 0.101. The first-order valence-electron chi connectivity index (χ1n) is 7.18. The monoisotopic (exact) mass is 349 g/mol. The fraction of sp³-hybridized carbons (Fsp3) is 0.235. The third-order valence-electron chi connectivity index (χ3n) is 3.50. The van der Waals surface area contributed by atoms with Crippen molar-refractivity contribution in [2.24, 2.45) is 0 Å². The van der Waals surface area contributed by atoms with Crippen LogP contribution in [-0.2, 0) is 17.6 Å². The van der Waals surface area contributed by atoms with Crippen LogP contribution in [0.15, 0.2) is 41.8 Å². The predicted molar refractivity (Wildman–Crippen MR) is 96.2 cm³/mol. The summed E-state index contributed by atoms with van der Waals surface area (Å²) >= 11 is 9.18. The Bertz CT molecular complexity index is 778. The van der Waals surface area contributed by atoms with E-state index in [0.29, 0.717) is 13.0 Å². The van der Waals surface area contributed by atoms with Crippen LogP contribution in [0.25, 0.3) is 10.1 Å². The molecule has 3 rings (SSSR count). The largest absolute Gasteiger partial charge is 0.356 e. The number of benzene rings is 1. The fourth-order valence-electron chi connectivity index (χ4n) is 2.37. The van der Waals surface area contributed by atoms with Gasteiger partial charge in [0.1, 0.15) is 0 Å². The Balaban J connectivity index is 1.45. The molecule has 0 fully saturated rings. The van der Waals surface area contributed by atoms with Gasteiger partial charge in [0.2, 0.25) is 5.91 Å². The average Bonchev–Trinajstić information content (AvgIpc) is 3.12. The molecule has 1 amide bonds. The highest BCUT2D eigenvalue weighted by molar-refractivity contribution is 7.17. The van der Waals surface area contributed by atoms with Gasteiger partial charge in [0, 0.05) is 22.5 Å². The van der Waals surface area contributed by atoms with E-state index in [9.17, 15) is 4.79 Å². The zero-order chi connectivity index (χ0) is 15.4. The summed E-state index contributed by atoms with van der Waals surface area (Å²) in [6.45, 7) is 0.685. The van der Waals surface area contributed by atoms with Gasteiger partial charge < -0.3 is 5.32 Å². The zero-order valence-corrected chi connectivity index (χ0v) is 14.4. The molecular formula is C17H16ClNOS2. The number of hydrogen-bond acceptors (Lipinski definition) is 3. The molecule has 22 heavy (non-hydrogen) atoms. The van der Waals surface area contributed by atoms with E-state index in [1.165, 1.54) is 27.0 Å². The van der Waals surface area contributed by atoms with Crippen molar-refractivity contribution in [3.63, 3.8) is 0 Å². The van der Waals surface area contributed by atoms with Crippen molar-refractivity contribution < 1.29 is 4.79 Å². The lowest BCUT2D eigenvalue weighted by Gasteiger charge is -2.04. The van der Waals surface area contributed by atoms with E-state index in [4.69, 9.17) is 11.6 Å². The highest BCUT2D eigenvalue weighted by atomic mass is 35.5. The number of carbonyl (C=O) groups excluding carboxylic acids is 1. The van der Waals surface area contributed by atoms with Crippen LogP contribution in [-0.4, -0.2) is 12.5 Å². The predicted octanol–water partition coefficient (Wildman–Crippen LogP) is 4.91. The average molecular weight is 350 g/mol. The van der Waals surface area contributed by atoms with Crippen LogP contribution >= 0.6 is 34.3 Å². The van der Waals surface area contributed by atoms with Gasteiger partial charge >= 0.3 is 0 Å². The molecule has 0 saturated heterocycles. The van der Waals surface area contributed by atoms with Gasteiger partial charge in [-0.15, -0.1) is 22.7 Å². The topological polar surface area (TPSA) is 29.1 Å². The van der Waals surface area contributed by atoms with Gasteiger partial charge in [-0.1, -0.05) is 29.8 Å². The van der Waals surface area contributed by atoms with Gasteiger partial charge in [0.15, 0.2) is 0 Å². The molecule has 0 bridgehead atoms. The third-order valence-corrected chi connectivity index (χ3v) is 5.81. The molecular weight excluding hydrogens is 334 g/mol. The van der Waals surface area contributed by atoms with Crippen LogP contribution < -0.4 is 5.32 Å². The van der Waals surface area contributed by atoms with Crippen molar-refractivity contribution in [3.05, 3.63) is 56.6 Å². The lowest BCUT2D eigenvalue weighted by molar-refractivity contribution is -0.121. The Hall–Kier alpha value is -1.36. The number of hydrogen-bond donors (Lipinski definition) is 1. The maximum atomic E-state index is 11.9. The van der Waals surface area contributed by atoms with E-state index in [0.717, 1.165) is 22.1 Å². The number of aryl methyl sites for hydroxylation is 1. The quantitative estimate of drug-likeness (QED) is 0.673. The molecule has 0 aliphatic heterocycles. The lowest BCUT2D eigenvalue weighted by atomic mass is 10.1. The molecule has 2 nitrogen and oxygen atoms in total. The van der Waals surface area contributed by atoms with Crippen molar-refractivity contribution in [3.8, 4) is 0 Å². The molecule has 0 unspecified atom stereocenters. The molecule has 0 atom stereocenters. The highest BCUT2D eigenvalue weighted by Gasteiger charge is 2.06. The van der Waals surface area contributed by atoms with E-state index in [1.54, 1.807) is 11.3 Å². The Labute approximate surface area is 142 Å². The maximum absolute atomic E-state index is 11.9. The second-order valence-corrected chi connectivity index (χ2v) is 7.77. The summed E-state index contributed by atoms with van der Waals surface area (Å²) in [6, 6.07) is 12.3. The van der Waals surface area contributed by atoms with E-state index in [-0.39, 0.29) is 5.91 Å². The summed E-state index contributed by atoms with van der Waals surface area (Å²) in [7, 11) is 0. The number of amides is 1. The molecule has 2 heterocycles. The molecule has 2 aromatic heterocycles. The number of nitrogens with one attached hydrogen (secondary N) is 1. The molecule has 0 radical (unpaired) electrons. The van der Waals surface area contributed by atoms with Crippen LogP contribution in [0.1, 0.15) is 16.9 Å². The first-order valence-corrected chi connectivity index (χ1v) is 9.26. The molecule has 1 N–H and O–H groups in total. The van der Waals surface area contributed by atoms with Crippen molar-refractivity contribution in [1.82, 2.24) is 5.32 Å². The lowest BCUT2D eigenvalue weighted by Crippen LogP contribution is -2.25. The molecule has 5 heteroatoms. The Kier molecular flexibility index (Phi) is 5.13. The first-order chi connectivity index (χ1) is 10.7. The smallest absolute Gasteiger partial charge is 0.220 e. The Morgan fingerprint density at radius 2 is 2.00 bits per heavy atom. The van der Waals surface area contributed by atoms with Gasteiger partial charge in [0.25, 0.3) is 0 Å². The number of halogens is 1. The van der Waals surface area contributed by atoms with Crippen LogP contribution in [0.2, 0.25) is 4.34 Å². The Morgan fingerprint density at radius 3 is 2.82 bits per heavy atom. The SMILES string of the molecule is O=C(CCc1ccc(Cl)s1)NCCc1csc2ccccc12. The summed E-state index contributed by atoms with van der Waals surface area (Å²) in [4.78, 5) is 13.0. The van der Waals surface area contributed by atoms with Crippen LogP contribution in [0.3, 0.4) is 0 Å². The van der Waals surface area contributed by atoms with Crippen molar-refractivity contribution in [2.45, 2.75) is 19.3 Å². The normalized spacial score (nSPS) is 11.0. The second kappa shape index (κ2) is 7.27. The zero-order valence-electron chi connectivity index (χ0n) is 12.0. The standard InChI is InChI=1S/C17H16ClNOS2/c18-16-7-5-13(22-16)6-8-17(20)19-10-9-12-11-21-15-4-2-1-3-14(12)15/h1-5,7,11H,6,8-10H2,(H,19,20). The molecule has 0 aliphatic carbocycles. The first kappa shape index (κ1) is 15.5. The van der Waals surface area contributed by atoms with Gasteiger partial charge in [0.05, 0.1) is 4.34 Å². The molecule has 1 aromatic carbocycles. The number of fused-ring (bicyclic) bond motifs is 1. The number of rotatable bonds is 6. The van der Waals surface area contributed by atoms with Gasteiger partial charge in [-0.05, 0) is 47.4 Å². The summed E-state index contributed by atoms with van der Waals surface area (Å²) < 4.78 is 2.08. The Morgan fingerprint density at radius 1 is 1.14 bits per heavy atom. The fourth-order valence-corrected chi connectivity index (χ4v) is 4.46. The van der Waals surface area contributed by atoms with E-state index >= 15 is 0 Å². The van der Waals surface area contributed by atoms with Crippen molar-refractivity contribution >= 4 is 50.3 Å². The second-order valence-electron chi connectivity index (χ2n) is 5.06. The van der Waals surface area contributed by atoms with Crippen molar-refractivity contribution in [2.75, 3.05) is 6.54 Å². The van der Waals surface area contributed by atoms with Crippen molar-refractivity contribution in [1.29, 1.82) is 0 Å². The van der Waals surface area contributed by atoms with Crippen LogP contribution in [0.4, 0.5) is 0 Å². The van der Waals surface area contributed by atoms with E-state index in [1.807, 2.05) is 12.1 Å². The minimum absolute atomic E-state index is 0.101. The minimum Gasteiger partial charge on any atom is -0.356 e. The molecule has 0 spiro atoms. The van der Waals surface area contributed by atoms with Gasteiger partial charge in [-0.25, -0.2) is 0 Å². The number of carbonyl (C=O) groups is 1. The molecule has 0 saturated carbocycles. The van der Waals surface area contributed by atoms with Crippen LogP contribution in [0.5, 0.6) is 0 Å². The summed E-state index contributed by atoms with van der Waals surface area (Å²) in [5.41, 5.74) is 1.31. The summed E-state index contributed by atoms with van der Waals surface area (Å²) in [5, 5.41) is 6.49.